The van der Waals surface area contributed by atoms with Crippen LogP contribution in [0, 0.1) is 6.92 Å². The summed E-state index contributed by atoms with van der Waals surface area (Å²) in [5.41, 5.74) is 1.16. The molecule has 5 nitrogen and oxygen atoms in total. The smallest absolute Gasteiger partial charge is 0.222 e. The lowest BCUT2D eigenvalue weighted by atomic mass is 10.2. The number of ether oxygens (including phenoxy) is 2. The zero-order valence-electron chi connectivity index (χ0n) is 16.7. The molecule has 2 aromatic carbocycles. The number of rotatable bonds is 9. The minimum atomic E-state index is 0.229. The highest BCUT2D eigenvalue weighted by atomic mass is 16.5. The second-order valence-electron chi connectivity index (χ2n) is 7.10. The van der Waals surface area contributed by atoms with Gasteiger partial charge in [0.05, 0.1) is 6.61 Å². The summed E-state index contributed by atoms with van der Waals surface area (Å²) >= 11 is 0. The molecule has 1 saturated heterocycles. The van der Waals surface area contributed by atoms with Gasteiger partial charge in [0.1, 0.15) is 18.1 Å². The lowest BCUT2D eigenvalue weighted by Gasteiger charge is -2.34. The summed E-state index contributed by atoms with van der Waals surface area (Å²) in [5.74, 6) is 2.04. The molecule has 0 radical (unpaired) electrons. The fraction of sp³-hybridized carbons (Fsp3) is 0.435. The van der Waals surface area contributed by atoms with E-state index in [1.165, 1.54) is 0 Å². The normalized spacial score (nSPS) is 14.7. The maximum Gasteiger partial charge on any atom is 0.222 e. The van der Waals surface area contributed by atoms with Gasteiger partial charge in [-0.25, -0.2) is 0 Å². The number of nitrogens with zero attached hydrogens (tertiary/aromatic N) is 2. The average molecular weight is 383 g/mol. The van der Waals surface area contributed by atoms with E-state index in [4.69, 9.17) is 9.47 Å². The number of piperazine rings is 1. The van der Waals surface area contributed by atoms with Gasteiger partial charge in [0.2, 0.25) is 5.91 Å². The van der Waals surface area contributed by atoms with Crippen LogP contribution in [0.1, 0.15) is 18.4 Å². The van der Waals surface area contributed by atoms with Gasteiger partial charge < -0.3 is 14.4 Å². The van der Waals surface area contributed by atoms with Crippen LogP contribution in [0.25, 0.3) is 0 Å². The Morgan fingerprint density at radius 3 is 2.36 bits per heavy atom. The molecule has 3 rings (SSSR count). The first-order valence-corrected chi connectivity index (χ1v) is 10.1. The van der Waals surface area contributed by atoms with Gasteiger partial charge in [-0.05, 0) is 37.1 Å². The average Bonchev–Trinajstić information content (AvgIpc) is 2.74. The van der Waals surface area contributed by atoms with Crippen LogP contribution in [0.4, 0.5) is 0 Å². The Labute approximate surface area is 167 Å². The van der Waals surface area contributed by atoms with E-state index in [9.17, 15) is 4.79 Å². The van der Waals surface area contributed by atoms with Gasteiger partial charge in [-0.15, -0.1) is 0 Å². The van der Waals surface area contributed by atoms with E-state index in [0.29, 0.717) is 19.6 Å². The third kappa shape index (κ3) is 6.27. The quantitative estimate of drug-likeness (QED) is 0.624. The van der Waals surface area contributed by atoms with Crippen LogP contribution in [-0.2, 0) is 4.79 Å². The number of aryl methyl sites for hydroxylation is 1. The van der Waals surface area contributed by atoms with E-state index in [-0.39, 0.29) is 5.91 Å². The van der Waals surface area contributed by atoms with Gasteiger partial charge in [0, 0.05) is 39.1 Å². The van der Waals surface area contributed by atoms with Crippen LogP contribution < -0.4 is 9.47 Å². The number of para-hydroxylation sites is 2. The van der Waals surface area contributed by atoms with Crippen LogP contribution in [0.5, 0.6) is 11.5 Å². The van der Waals surface area contributed by atoms with E-state index >= 15 is 0 Å². The molecule has 0 aromatic heterocycles. The lowest BCUT2D eigenvalue weighted by Crippen LogP contribution is -2.49. The van der Waals surface area contributed by atoms with Crippen LogP contribution in [0.2, 0.25) is 0 Å². The predicted octanol–water partition coefficient (Wildman–Crippen LogP) is 3.38. The van der Waals surface area contributed by atoms with Crippen molar-refractivity contribution in [3.63, 3.8) is 0 Å². The number of hydrogen-bond acceptors (Lipinski definition) is 4. The Morgan fingerprint density at radius 2 is 1.61 bits per heavy atom. The Hall–Kier alpha value is -2.53. The predicted molar refractivity (Wildman–Crippen MR) is 111 cm³/mol. The standard InChI is InChI=1S/C23H30N2O3/c1-20-8-5-6-11-22(20)28-19-17-24-13-15-25(16-14-24)23(26)12-7-18-27-21-9-3-2-4-10-21/h2-6,8-11H,7,12-19H2,1H3. The van der Waals surface area contributed by atoms with E-state index in [0.717, 1.165) is 56.2 Å². The van der Waals surface area contributed by atoms with E-state index in [1.54, 1.807) is 0 Å². The Morgan fingerprint density at radius 1 is 0.893 bits per heavy atom. The molecule has 5 heteroatoms. The van der Waals surface area contributed by atoms with E-state index < -0.39 is 0 Å². The molecule has 0 N–H and O–H groups in total. The van der Waals surface area contributed by atoms with Crippen molar-refractivity contribution in [3.8, 4) is 11.5 Å². The van der Waals surface area contributed by atoms with Gasteiger partial charge in [-0.2, -0.15) is 0 Å². The van der Waals surface area contributed by atoms with Crippen molar-refractivity contribution in [2.24, 2.45) is 0 Å². The van der Waals surface area contributed by atoms with Crippen molar-refractivity contribution in [3.05, 3.63) is 60.2 Å². The first-order valence-electron chi connectivity index (χ1n) is 10.1. The van der Waals surface area contributed by atoms with Crippen LogP contribution in [-0.4, -0.2) is 61.6 Å². The molecule has 28 heavy (non-hydrogen) atoms. The SMILES string of the molecule is Cc1ccccc1OCCN1CCN(C(=O)CCCOc2ccccc2)CC1. The van der Waals surface area contributed by atoms with Crippen molar-refractivity contribution in [1.29, 1.82) is 0 Å². The highest BCUT2D eigenvalue weighted by Crippen LogP contribution is 2.16. The summed E-state index contributed by atoms with van der Waals surface area (Å²) in [6, 6.07) is 17.8. The zero-order valence-corrected chi connectivity index (χ0v) is 16.7. The summed E-state index contributed by atoms with van der Waals surface area (Å²) in [7, 11) is 0. The van der Waals surface area contributed by atoms with Gasteiger partial charge >= 0.3 is 0 Å². The van der Waals surface area contributed by atoms with Crippen molar-refractivity contribution < 1.29 is 14.3 Å². The fourth-order valence-corrected chi connectivity index (χ4v) is 3.31. The van der Waals surface area contributed by atoms with Crippen LogP contribution >= 0.6 is 0 Å². The number of carbonyl (C=O) groups excluding carboxylic acids is 1. The summed E-state index contributed by atoms with van der Waals surface area (Å²) < 4.78 is 11.5. The number of carbonyl (C=O) groups is 1. The van der Waals surface area contributed by atoms with Gasteiger partial charge in [0.25, 0.3) is 0 Å². The number of amides is 1. The highest BCUT2D eigenvalue weighted by molar-refractivity contribution is 5.76. The molecule has 1 aliphatic heterocycles. The first kappa shape index (κ1) is 20.2. The van der Waals surface area contributed by atoms with Gasteiger partial charge in [0.15, 0.2) is 0 Å². The Kier molecular flexibility index (Phi) is 7.73. The van der Waals surface area contributed by atoms with E-state index in [1.807, 2.05) is 53.4 Å². The molecule has 0 saturated carbocycles. The van der Waals surface area contributed by atoms with Gasteiger partial charge in [-0.1, -0.05) is 36.4 Å². The maximum absolute atomic E-state index is 12.4. The molecular formula is C23H30N2O3. The zero-order chi connectivity index (χ0) is 19.6. The van der Waals surface area contributed by atoms with Crippen LogP contribution in [0.15, 0.2) is 54.6 Å². The molecule has 2 aromatic rings. The molecule has 0 aliphatic carbocycles. The minimum absolute atomic E-state index is 0.229. The molecule has 1 amide bonds. The van der Waals surface area contributed by atoms with Crippen molar-refractivity contribution >= 4 is 5.91 Å². The molecule has 0 spiro atoms. The highest BCUT2D eigenvalue weighted by Gasteiger charge is 2.20. The third-order valence-electron chi connectivity index (χ3n) is 5.03. The maximum atomic E-state index is 12.4. The number of hydrogen-bond donors (Lipinski definition) is 0. The van der Waals surface area contributed by atoms with E-state index in [2.05, 4.69) is 17.9 Å². The lowest BCUT2D eigenvalue weighted by molar-refractivity contribution is -0.133. The summed E-state index contributed by atoms with van der Waals surface area (Å²) in [4.78, 5) is 16.7. The van der Waals surface area contributed by atoms with Gasteiger partial charge in [-0.3, -0.25) is 9.69 Å². The van der Waals surface area contributed by atoms with Crippen molar-refractivity contribution in [2.45, 2.75) is 19.8 Å². The topological polar surface area (TPSA) is 42.0 Å². The molecule has 1 fully saturated rings. The second kappa shape index (κ2) is 10.7. The summed E-state index contributed by atoms with van der Waals surface area (Å²) in [6.07, 6.45) is 1.29. The Bertz CT molecular complexity index is 728. The second-order valence-corrected chi connectivity index (χ2v) is 7.10. The monoisotopic (exact) mass is 382 g/mol. The number of benzene rings is 2. The molecule has 0 atom stereocenters. The molecule has 1 heterocycles. The first-order chi connectivity index (χ1) is 13.7. The minimum Gasteiger partial charge on any atom is -0.494 e. The van der Waals surface area contributed by atoms with Crippen molar-refractivity contribution in [1.82, 2.24) is 9.80 Å². The summed E-state index contributed by atoms with van der Waals surface area (Å²) in [6.45, 7) is 7.60. The molecule has 0 unspecified atom stereocenters. The molecule has 1 aliphatic rings. The third-order valence-corrected chi connectivity index (χ3v) is 5.03. The molecule has 150 valence electrons. The molecule has 0 bridgehead atoms. The largest absolute Gasteiger partial charge is 0.494 e. The summed E-state index contributed by atoms with van der Waals surface area (Å²) in [5, 5.41) is 0. The van der Waals surface area contributed by atoms with Crippen molar-refractivity contribution in [2.75, 3.05) is 45.9 Å². The fourth-order valence-electron chi connectivity index (χ4n) is 3.31. The Balaban J connectivity index is 1.28. The van der Waals surface area contributed by atoms with Crippen LogP contribution in [0.3, 0.4) is 0 Å². The molecular weight excluding hydrogens is 352 g/mol.